The first-order chi connectivity index (χ1) is 13.6. The summed E-state index contributed by atoms with van der Waals surface area (Å²) in [6.07, 6.45) is 7.69. The van der Waals surface area contributed by atoms with Crippen LogP contribution in [0.15, 0.2) is 56.4 Å². The largest absolute Gasteiger partial charge is 0.240 e. The topological polar surface area (TPSA) is 118 Å². The van der Waals surface area contributed by atoms with Gasteiger partial charge in [-0.25, -0.2) is 29.2 Å². The second kappa shape index (κ2) is 13.4. The first-order valence-electron chi connectivity index (χ1n) is 8.41. The molecule has 2 rings (SSSR count). The normalized spacial score (nSPS) is 10.0. The lowest BCUT2D eigenvalue weighted by Gasteiger charge is -2.03. The molecule has 28 heavy (non-hydrogen) atoms. The number of isocyanates is 4. The van der Waals surface area contributed by atoms with Gasteiger partial charge in [0.15, 0.2) is 0 Å². The zero-order valence-electron chi connectivity index (χ0n) is 15.3. The van der Waals surface area contributed by atoms with Gasteiger partial charge in [-0.2, -0.15) is 9.98 Å². The minimum Gasteiger partial charge on any atom is -0.211 e. The lowest BCUT2D eigenvalue weighted by Crippen LogP contribution is -1.99. The second-order valence-electron chi connectivity index (χ2n) is 5.77. The highest BCUT2D eigenvalue weighted by Crippen LogP contribution is 2.24. The van der Waals surface area contributed by atoms with E-state index in [0.717, 1.165) is 23.6 Å². The van der Waals surface area contributed by atoms with E-state index in [9.17, 15) is 19.2 Å². The monoisotopic (exact) mass is 378 g/mol. The molecule has 1 atom stereocenters. The highest BCUT2D eigenvalue weighted by molar-refractivity contribution is 5.88. The van der Waals surface area contributed by atoms with Crippen LogP contribution in [-0.4, -0.2) is 37.4 Å². The van der Waals surface area contributed by atoms with Crippen LogP contribution in [0.4, 0.5) is 11.4 Å². The molecule has 1 unspecified atom stereocenters. The molecule has 2 aromatic rings. The first-order valence-corrected chi connectivity index (χ1v) is 8.41. The second-order valence-corrected chi connectivity index (χ2v) is 5.77. The Morgan fingerprint density at radius 2 is 1.32 bits per heavy atom. The van der Waals surface area contributed by atoms with Crippen molar-refractivity contribution in [3.63, 3.8) is 0 Å². The van der Waals surface area contributed by atoms with Crippen LogP contribution >= 0.6 is 0 Å². The van der Waals surface area contributed by atoms with Gasteiger partial charge in [-0.3, -0.25) is 0 Å². The van der Waals surface area contributed by atoms with Crippen LogP contribution in [0, 0.1) is 5.92 Å². The smallest absolute Gasteiger partial charge is 0.211 e. The van der Waals surface area contributed by atoms with E-state index in [-0.39, 0.29) is 0 Å². The molecule has 8 heteroatoms. The van der Waals surface area contributed by atoms with Crippen molar-refractivity contribution in [1.29, 1.82) is 0 Å². The van der Waals surface area contributed by atoms with Crippen molar-refractivity contribution in [2.45, 2.75) is 19.8 Å². The zero-order chi connectivity index (χ0) is 20.6. The molecule has 142 valence electrons. The molecule has 0 bridgehead atoms. The SMILES string of the molecule is CC(CCCN=C=O)CN=C=O.O=C=Nc1ccc2cc(N=C=O)ccc2c1. The molecular weight excluding hydrogens is 360 g/mol. The number of aliphatic imine (C=N–C) groups is 4. The Hall–Kier alpha value is -3.78. The fourth-order valence-corrected chi connectivity index (χ4v) is 2.31. The predicted molar refractivity (Wildman–Crippen MR) is 104 cm³/mol. The minimum atomic E-state index is 0.355. The molecule has 0 aliphatic heterocycles. The molecule has 0 spiro atoms. The van der Waals surface area contributed by atoms with Crippen molar-refractivity contribution >= 4 is 46.5 Å². The number of hydrogen-bond acceptors (Lipinski definition) is 8. The van der Waals surface area contributed by atoms with Gasteiger partial charge in [0.05, 0.1) is 24.5 Å². The molecule has 0 saturated carbocycles. The van der Waals surface area contributed by atoms with Gasteiger partial charge in [-0.15, -0.1) is 0 Å². The summed E-state index contributed by atoms with van der Waals surface area (Å²) < 4.78 is 0. The summed E-state index contributed by atoms with van der Waals surface area (Å²) in [5.41, 5.74) is 1.10. The molecular formula is C20H18N4O4. The molecule has 0 saturated heterocycles. The molecule has 8 nitrogen and oxygen atoms in total. The molecule has 0 aliphatic rings. The Balaban J connectivity index is 0.000000295. The van der Waals surface area contributed by atoms with Gasteiger partial charge < -0.3 is 0 Å². The lowest BCUT2D eigenvalue weighted by molar-refractivity contribution is 0.516. The minimum absolute atomic E-state index is 0.355. The molecule has 0 radical (unpaired) electrons. The van der Waals surface area contributed by atoms with E-state index < -0.39 is 0 Å². The van der Waals surface area contributed by atoms with Gasteiger partial charge in [0.25, 0.3) is 0 Å². The average Bonchev–Trinajstić information content (AvgIpc) is 2.71. The van der Waals surface area contributed by atoms with E-state index in [4.69, 9.17) is 0 Å². The van der Waals surface area contributed by atoms with Gasteiger partial charge in [-0.05, 0) is 53.8 Å². The maximum Gasteiger partial charge on any atom is 0.240 e. The summed E-state index contributed by atoms with van der Waals surface area (Å²) >= 11 is 0. The molecule has 0 fully saturated rings. The van der Waals surface area contributed by atoms with E-state index >= 15 is 0 Å². The standard InChI is InChI=1S/C12H6N2O2.C8H12N2O2/c15-7-13-11-3-1-9-5-12(14-8-16)4-2-10(9)6-11;1-8(5-10-7-12)3-2-4-9-6-11/h1-6H;8H,2-5H2,1H3. The number of nitrogens with zero attached hydrogens (tertiary/aromatic N) is 4. The van der Waals surface area contributed by atoms with E-state index in [1.165, 1.54) is 24.3 Å². The zero-order valence-corrected chi connectivity index (χ0v) is 15.3. The van der Waals surface area contributed by atoms with Gasteiger partial charge in [-0.1, -0.05) is 19.1 Å². The molecule has 0 aliphatic carbocycles. The summed E-state index contributed by atoms with van der Waals surface area (Å²) in [6.45, 7) is 3.01. The molecule has 2 aromatic carbocycles. The Labute approximate surface area is 161 Å². The van der Waals surface area contributed by atoms with Crippen LogP contribution in [0.1, 0.15) is 19.8 Å². The predicted octanol–water partition coefficient (Wildman–Crippen LogP) is 3.85. The summed E-state index contributed by atoms with van der Waals surface area (Å²) in [5.74, 6) is 0.355. The highest BCUT2D eigenvalue weighted by atomic mass is 16.1. The Morgan fingerprint density at radius 3 is 1.79 bits per heavy atom. The summed E-state index contributed by atoms with van der Waals surface area (Å²) in [7, 11) is 0. The third kappa shape index (κ3) is 8.54. The lowest BCUT2D eigenvalue weighted by atomic mass is 10.1. The van der Waals surface area contributed by atoms with Gasteiger partial charge in [0.2, 0.25) is 24.3 Å². The van der Waals surface area contributed by atoms with Crippen molar-refractivity contribution in [2.24, 2.45) is 25.9 Å². The summed E-state index contributed by atoms with van der Waals surface area (Å²) in [4.78, 5) is 53.5. The van der Waals surface area contributed by atoms with Gasteiger partial charge >= 0.3 is 0 Å². The molecule has 0 aromatic heterocycles. The average molecular weight is 378 g/mol. The van der Waals surface area contributed by atoms with Crippen LogP contribution in [-0.2, 0) is 19.2 Å². The quantitative estimate of drug-likeness (QED) is 0.394. The van der Waals surface area contributed by atoms with Crippen LogP contribution in [0.2, 0.25) is 0 Å². The summed E-state index contributed by atoms with van der Waals surface area (Å²) in [5, 5.41) is 1.84. The fraction of sp³-hybridized carbons (Fsp3) is 0.300. The van der Waals surface area contributed by atoms with Gasteiger partial charge in [0.1, 0.15) is 0 Å². The van der Waals surface area contributed by atoms with Crippen molar-refractivity contribution in [2.75, 3.05) is 13.1 Å². The van der Waals surface area contributed by atoms with Crippen molar-refractivity contribution in [1.82, 2.24) is 0 Å². The highest BCUT2D eigenvalue weighted by Gasteiger charge is 1.99. The first kappa shape index (κ1) is 22.3. The third-order valence-electron chi connectivity index (χ3n) is 3.66. The van der Waals surface area contributed by atoms with E-state index in [1.807, 2.05) is 6.92 Å². The summed E-state index contributed by atoms with van der Waals surface area (Å²) in [6, 6.07) is 10.5. The van der Waals surface area contributed by atoms with Crippen LogP contribution in [0.25, 0.3) is 10.8 Å². The third-order valence-corrected chi connectivity index (χ3v) is 3.66. The number of fused-ring (bicyclic) bond motifs is 1. The number of carbonyl (C=O) groups excluding carboxylic acids is 4. The molecule has 0 N–H and O–H groups in total. The van der Waals surface area contributed by atoms with Crippen molar-refractivity contribution in [3.05, 3.63) is 36.4 Å². The maximum atomic E-state index is 10.1. The van der Waals surface area contributed by atoms with E-state index in [2.05, 4.69) is 20.0 Å². The van der Waals surface area contributed by atoms with E-state index in [1.54, 1.807) is 36.4 Å². The van der Waals surface area contributed by atoms with E-state index in [0.29, 0.717) is 30.4 Å². The van der Waals surface area contributed by atoms with Crippen molar-refractivity contribution < 1.29 is 19.2 Å². The van der Waals surface area contributed by atoms with Crippen LogP contribution < -0.4 is 0 Å². The number of hydrogen-bond donors (Lipinski definition) is 0. The Morgan fingerprint density at radius 1 is 0.786 bits per heavy atom. The fourth-order valence-electron chi connectivity index (χ4n) is 2.31. The number of rotatable bonds is 8. The van der Waals surface area contributed by atoms with Crippen molar-refractivity contribution in [3.8, 4) is 0 Å². The van der Waals surface area contributed by atoms with Crippen LogP contribution in [0.3, 0.4) is 0 Å². The Kier molecular flexibility index (Phi) is 10.7. The maximum absolute atomic E-state index is 10.1. The Bertz CT molecular complexity index is 922. The van der Waals surface area contributed by atoms with Crippen LogP contribution in [0.5, 0.6) is 0 Å². The molecule has 0 amide bonds. The molecule has 0 heterocycles. The number of benzene rings is 2. The van der Waals surface area contributed by atoms with Gasteiger partial charge in [0, 0.05) is 0 Å².